The zero-order valence-electron chi connectivity index (χ0n) is 15.0. The molecule has 1 aromatic carbocycles. The maximum Gasteiger partial charge on any atom is 0.292 e. The quantitative estimate of drug-likeness (QED) is 0.681. The lowest BCUT2D eigenvalue weighted by molar-refractivity contribution is 0.643. The van der Waals surface area contributed by atoms with Crippen LogP contribution < -0.4 is 15.4 Å². The third kappa shape index (κ3) is 3.42. The molecule has 1 fully saturated rings. The Morgan fingerprint density at radius 3 is 2.32 bits per heavy atom. The van der Waals surface area contributed by atoms with Crippen LogP contribution in [0.3, 0.4) is 0 Å². The van der Waals surface area contributed by atoms with E-state index in [0.29, 0.717) is 30.0 Å². The molecule has 0 saturated carbocycles. The first-order valence-corrected chi connectivity index (χ1v) is 9.24. The van der Waals surface area contributed by atoms with E-state index < -0.39 is 0 Å². The maximum absolute atomic E-state index is 12.7. The first-order valence-electron chi connectivity index (χ1n) is 8.86. The average Bonchev–Trinajstić information content (AvgIpc) is 2.76. The van der Waals surface area contributed by atoms with Gasteiger partial charge in [-0.05, 0) is 24.3 Å². The van der Waals surface area contributed by atoms with Crippen LogP contribution in [-0.2, 0) is 0 Å². The summed E-state index contributed by atoms with van der Waals surface area (Å²) in [7, 11) is 0. The molecule has 0 spiro atoms. The van der Waals surface area contributed by atoms with E-state index in [-0.39, 0.29) is 10.6 Å². The van der Waals surface area contributed by atoms with Gasteiger partial charge in [0.25, 0.3) is 5.56 Å². The van der Waals surface area contributed by atoms with Gasteiger partial charge in [0.2, 0.25) is 0 Å². The number of pyridine rings is 1. The molecular weight excluding hydrogens is 376 g/mol. The molecule has 0 atom stereocenters. The number of benzene rings is 1. The molecule has 0 amide bonds. The van der Waals surface area contributed by atoms with Gasteiger partial charge >= 0.3 is 0 Å². The molecule has 140 valence electrons. The van der Waals surface area contributed by atoms with Gasteiger partial charge in [-0.2, -0.15) is 15.0 Å². The lowest BCUT2D eigenvalue weighted by atomic mass is 10.2. The number of aromatic nitrogens is 3. The topological polar surface area (TPSA) is 78.0 Å². The van der Waals surface area contributed by atoms with Gasteiger partial charge in [-0.15, -0.1) is 0 Å². The van der Waals surface area contributed by atoms with Gasteiger partial charge in [0.15, 0.2) is 0 Å². The van der Waals surface area contributed by atoms with E-state index in [0.717, 1.165) is 18.9 Å². The molecule has 3 heterocycles. The zero-order valence-corrected chi connectivity index (χ0v) is 15.8. The van der Waals surface area contributed by atoms with Crippen molar-refractivity contribution in [3.8, 4) is 11.8 Å². The molecule has 7 nitrogen and oxygen atoms in total. The van der Waals surface area contributed by atoms with Crippen LogP contribution in [0, 0.1) is 11.3 Å². The highest BCUT2D eigenvalue weighted by molar-refractivity contribution is 6.33. The number of rotatable bonds is 3. The van der Waals surface area contributed by atoms with Crippen LogP contribution in [0.15, 0.2) is 59.7 Å². The number of nitrogens with zero attached hydrogens (tertiary/aromatic N) is 6. The normalized spacial score (nSPS) is 14.0. The van der Waals surface area contributed by atoms with Gasteiger partial charge in [0.1, 0.15) is 16.9 Å². The zero-order chi connectivity index (χ0) is 19.5. The second-order valence-corrected chi connectivity index (χ2v) is 6.77. The molecule has 0 N–H and O–H groups in total. The number of hydrogen-bond donors (Lipinski definition) is 0. The van der Waals surface area contributed by atoms with Crippen molar-refractivity contribution in [3.63, 3.8) is 0 Å². The summed E-state index contributed by atoms with van der Waals surface area (Å²) >= 11 is 6.40. The Morgan fingerprint density at radius 1 is 0.964 bits per heavy atom. The van der Waals surface area contributed by atoms with Crippen LogP contribution in [0.2, 0.25) is 5.02 Å². The first kappa shape index (κ1) is 18.0. The lowest BCUT2D eigenvalue weighted by Gasteiger charge is -2.36. The van der Waals surface area contributed by atoms with Gasteiger partial charge in [-0.3, -0.25) is 4.79 Å². The van der Waals surface area contributed by atoms with Crippen LogP contribution in [0.1, 0.15) is 5.56 Å². The molecule has 4 rings (SSSR count). The number of hydrogen-bond acceptors (Lipinski definition) is 6. The number of piperazine rings is 1. The van der Waals surface area contributed by atoms with Crippen LogP contribution >= 0.6 is 11.6 Å². The lowest BCUT2D eigenvalue weighted by Crippen LogP contribution is -2.47. The standard InChI is InChI=1S/C20H17ClN6O/c21-19-17(14-24-27(20(19)28)16-4-2-1-3-5-16)25-8-10-26(11-9-25)18-7-6-15(12-22)13-23-18/h1-7,13-14H,8-11H2. The van der Waals surface area contributed by atoms with Crippen molar-refractivity contribution in [1.82, 2.24) is 14.8 Å². The molecule has 3 aromatic rings. The van der Waals surface area contributed by atoms with Crippen molar-refractivity contribution >= 4 is 23.1 Å². The van der Waals surface area contributed by atoms with E-state index >= 15 is 0 Å². The highest BCUT2D eigenvalue weighted by Crippen LogP contribution is 2.24. The third-order valence-electron chi connectivity index (χ3n) is 4.72. The Hall–Kier alpha value is -3.37. The highest BCUT2D eigenvalue weighted by atomic mass is 35.5. The van der Waals surface area contributed by atoms with E-state index in [1.54, 1.807) is 18.5 Å². The first-order chi connectivity index (χ1) is 13.7. The maximum atomic E-state index is 12.7. The average molecular weight is 393 g/mol. The minimum absolute atomic E-state index is 0.170. The van der Waals surface area contributed by atoms with E-state index in [4.69, 9.17) is 16.9 Å². The molecule has 28 heavy (non-hydrogen) atoms. The van der Waals surface area contributed by atoms with Crippen LogP contribution in [0.25, 0.3) is 5.69 Å². The van der Waals surface area contributed by atoms with Crippen molar-refractivity contribution in [2.24, 2.45) is 0 Å². The van der Waals surface area contributed by atoms with E-state index in [9.17, 15) is 4.79 Å². The molecule has 0 unspecified atom stereocenters. The Morgan fingerprint density at radius 2 is 1.68 bits per heavy atom. The summed E-state index contributed by atoms with van der Waals surface area (Å²) in [6.07, 6.45) is 3.22. The number of anilines is 2. The molecular formula is C20H17ClN6O. The summed E-state index contributed by atoms with van der Waals surface area (Å²) in [6, 6.07) is 14.9. The minimum Gasteiger partial charge on any atom is -0.365 e. The number of halogens is 1. The van der Waals surface area contributed by atoms with Crippen molar-refractivity contribution in [2.75, 3.05) is 36.0 Å². The van der Waals surface area contributed by atoms with Gasteiger partial charge in [-0.25, -0.2) is 4.98 Å². The molecule has 0 aliphatic carbocycles. The molecule has 1 aliphatic rings. The fourth-order valence-corrected chi connectivity index (χ4v) is 3.46. The number of para-hydroxylation sites is 1. The molecule has 8 heteroatoms. The van der Waals surface area contributed by atoms with Crippen molar-refractivity contribution in [2.45, 2.75) is 0 Å². The van der Waals surface area contributed by atoms with Crippen LogP contribution in [-0.4, -0.2) is 40.9 Å². The molecule has 0 radical (unpaired) electrons. The largest absolute Gasteiger partial charge is 0.365 e. The smallest absolute Gasteiger partial charge is 0.292 e. The Balaban J connectivity index is 1.51. The Labute approximate surface area is 167 Å². The molecule has 1 saturated heterocycles. The summed E-state index contributed by atoms with van der Waals surface area (Å²) in [4.78, 5) is 21.2. The van der Waals surface area contributed by atoms with Gasteiger partial charge in [-0.1, -0.05) is 29.8 Å². The van der Waals surface area contributed by atoms with Crippen LogP contribution in [0.4, 0.5) is 11.5 Å². The second kappa shape index (κ2) is 7.71. The van der Waals surface area contributed by atoms with Gasteiger partial charge in [0.05, 0.1) is 23.1 Å². The van der Waals surface area contributed by atoms with Crippen molar-refractivity contribution < 1.29 is 0 Å². The fourth-order valence-electron chi connectivity index (χ4n) is 3.21. The van der Waals surface area contributed by atoms with Gasteiger partial charge < -0.3 is 9.80 Å². The summed E-state index contributed by atoms with van der Waals surface area (Å²) < 4.78 is 1.31. The third-order valence-corrected chi connectivity index (χ3v) is 5.08. The Bertz CT molecular complexity index is 1070. The SMILES string of the molecule is N#Cc1ccc(N2CCN(c3cnn(-c4ccccc4)c(=O)c3Cl)CC2)nc1. The predicted molar refractivity (Wildman–Crippen MR) is 108 cm³/mol. The molecule has 0 bridgehead atoms. The minimum atomic E-state index is -0.332. The monoisotopic (exact) mass is 392 g/mol. The van der Waals surface area contributed by atoms with E-state index in [1.807, 2.05) is 36.4 Å². The summed E-state index contributed by atoms with van der Waals surface area (Å²) in [5, 5.41) is 13.4. The van der Waals surface area contributed by atoms with Crippen molar-refractivity contribution in [1.29, 1.82) is 5.26 Å². The van der Waals surface area contributed by atoms with Crippen LogP contribution in [0.5, 0.6) is 0 Å². The molecule has 2 aromatic heterocycles. The number of nitriles is 1. The van der Waals surface area contributed by atoms with E-state index in [1.165, 1.54) is 4.68 Å². The second-order valence-electron chi connectivity index (χ2n) is 6.39. The predicted octanol–water partition coefficient (Wildman–Crippen LogP) is 2.48. The summed E-state index contributed by atoms with van der Waals surface area (Å²) in [5.41, 5.74) is 1.53. The van der Waals surface area contributed by atoms with Crippen molar-refractivity contribution in [3.05, 3.63) is 75.8 Å². The van der Waals surface area contributed by atoms with E-state index in [2.05, 4.69) is 26.0 Å². The summed E-state index contributed by atoms with van der Waals surface area (Å²) in [5.74, 6) is 0.836. The highest BCUT2D eigenvalue weighted by Gasteiger charge is 2.22. The molecule has 1 aliphatic heterocycles. The summed E-state index contributed by atoms with van der Waals surface area (Å²) in [6.45, 7) is 2.85. The fraction of sp³-hybridized carbons (Fsp3) is 0.200. The Kier molecular flexibility index (Phi) is 4.96. The van der Waals surface area contributed by atoms with Gasteiger partial charge in [0, 0.05) is 32.4 Å².